The molecule has 0 aromatic carbocycles. The fourth-order valence-electron chi connectivity index (χ4n) is 1.95. The van der Waals surface area contributed by atoms with Crippen LogP contribution >= 0.6 is 0 Å². The molecule has 0 saturated carbocycles. The Morgan fingerprint density at radius 3 is 2.40 bits per heavy atom. The van der Waals surface area contributed by atoms with Crippen LogP contribution in [-0.4, -0.2) is 11.5 Å². The summed E-state index contributed by atoms with van der Waals surface area (Å²) in [5.41, 5.74) is 3.57. The number of nitrogens with one attached hydrogen (secondary N) is 1. The smallest absolute Gasteiger partial charge is 0.0423 e. The first kappa shape index (κ1) is 12.2. The van der Waals surface area contributed by atoms with Gasteiger partial charge in [0.15, 0.2) is 0 Å². The minimum absolute atomic E-state index is 0.420. The molecule has 2 heteroatoms. The van der Waals surface area contributed by atoms with E-state index in [2.05, 4.69) is 50.1 Å². The maximum Gasteiger partial charge on any atom is 0.0423 e. The van der Waals surface area contributed by atoms with Gasteiger partial charge >= 0.3 is 0 Å². The van der Waals surface area contributed by atoms with E-state index in [4.69, 9.17) is 0 Å². The highest BCUT2D eigenvalue weighted by molar-refractivity contribution is 5.25. The predicted octanol–water partition coefficient (Wildman–Crippen LogP) is 3.01. The van der Waals surface area contributed by atoms with Crippen LogP contribution in [0.2, 0.25) is 0 Å². The second-order valence-corrected chi connectivity index (χ2v) is 4.41. The number of pyridine rings is 1. The molecule has 0 spiro atoms. The van der Waals surface area contributed by atoms with Crippen LogP contribution in [0.3, 0.4) is 0 Å². The summed E-state index contributed by atoms with van der Waals surface area (Å²) in [6.45, 7) is 11.8. The van der Waals surface area contributed by atoms with Crippen molar-refractivity contribution in [3.05, 3.63) is 29.1 Å². The molecule has 1 aromatic rings. The van der Waals surface area contributed by atoms with Crippen molar-refractivity contribution in [3.63, 3.8) is 0 Å². The van der Waals surface area contributed by atoms with Gasteiger partial charge in [-0.3, -0.25) is 4.98 Å². The summed E-state index contributed by atoms with van der Waals surface area (Å²) >= 11 is 0. The van der Waals surface area contributed by atoms with Crippen LogP contribution in [0.5, 0.6) is 0 Å². The average Bonchev–Trinajstić information content (AvgIpc) is 2.15. The molecule has 2 nitrogen and oxygen atoms in total. The van der Waals surface area contributed by atoms with Crippen molar-refractivity contribution in [3.8, 4) is 0 Å². The summed E-state index contributed by atoms with van der Waals surface area (Å²) in [6.07, 6.45) is 0. The summed E-state index contributed by atoms with van der Waals surface area (Å²) in [5.74, 6) is 0.591. The molecule has 1 N–H and O–H groups in total. The Labute approximate surface area is 93.1 Å². The van der Waals surface area contributed by atoms with E-state index in [9.17, 15) is 0 Å². The van der Waals surface area contributed by atoms with E-state index in [1.54, 1.807) is 0 Å². The second-order valence-electron chi connectivity index (χ2n) is 4.41. The molecule has 1 atom stereocenters. The van der Waals surface area contributed by atoms with Crippen LogP contribution in [0.4, 0.5) is 0 Å². The number of aromatic nitrogens is 1. The Hall–Kier alpha value is -0.890. The molecule has 0 bridgehead atoms. The molecular weight excluding hydrogens is 184 g/mol. The van der Waals surface area contributed by atoms with Crippen LogP contribution in [0, 0.1) is 19.8 Å². The number of aryl methyl sites for hydroxylation is 2. The van der Waals surface area contributed by atoms with E-state index in [0.29, 0.717) is 12.0 Å². The van der Waals surface area contributed by atoms with Crippen molar-refractivity contribution >= 4 is 0 Å². The number of rotatable bonds is 4. The summed E-state index contributed by atoms with van der Waals surface area (Å²) in [7, 11) is 0. The fraction of sp³-hybridized carbons (Fsp3) is 0.615. The summed E-state index contributed by atoms with van der Waals surface area (Å²) in [6, 6.07) is 4.71. The zero-order valence-corrected chi connectivity index (χ0v) is 10.5. The van der Waals surface area contributed by atoms with Crippen LogP contribution in [-0.2, 0) is 0 Å². The van der Waals surface area contributed by atoms with Crippen LogP contribution in [0.25, 0.3) is 0 Å². The topological polar surface area (TPSA) is 24.9 Å². The molecule has 15 heavy (non-hydrogen) atoms. The van der Waals surface area contributed by atoms with Gasteiger partial charge in [0.05, 0.1) is 0 Å². The highest BCUT2D eigenvalue weighted by atomic mass is 14.9. The van der Waals surface area contributed by atoms with E-state index in [1.807, 2.05) is 6.92 Å². The number of hydrogen-bond acceptors (Lipinski definition) is 2. The Morgan fingerprint density at radius 1 is 1.27 bits per heavy atom. The molecule has 1 unspecified atom stereocenters. The first-order chi connectivity index (χ1) is 7.06. The largest absolute Gasteiger partial charge is 0.310 e. The summed E-state index contributed by atoms with van der Waals surface area (Å²) < 4.78 is 0. The quantitative estimate of drug-likeness (QED) is 0.819. The molecule has 0 amide bonds. The van der Waals surface area contributed by atoms with Gasteiger partial charge in [-0.1, -0.05) is 26.8 Å². The lowest BCUT2D eigenvalue weighted by atomic mass is 9.95. The molecular formula is C13H22N2. The Kier molecular flexibility index (Phi) is 4.28. The number of hydrogen-bond donors (Lipinski definition) is 1. The van der Waals surface area contributed by atoms with Gasteiger partial charge in [0.25, 0.3) is 0 Å². The van der Waals surface area contributed by atoms with Crippen LogP contribution in [0.1, 0.15) is 43.8 Å². The van der Waals surface area contributed by atoms with Crippen molar-refractivity contribution in [1.29, 1.82) is 0 Å². The molecule has 1 heterocycles. The maximum absolute atomic E-state index is 4.52. The van der Waals surface area contributed by atoms with Crippen LogP contribution < -0.4 is 5.32 Å². The Morgan fingerprint density at radius 2 is 1.93 bits per heavy atom. The molecule has 0 aliphatic heterocycles. The molecule has 0 radical (unpaired) electrons. The van der Waals surface area contributed by atoms with Crippen LogP contribution in [0.15, 0.2) is 12.1 Å². The van der Waals surface area contributed by atoms with Crippen molar-refractivity contribution in [1.82, 2.24) is 10.3 Å². The molecule has 0 fully saturated rings. The van der Waals surface area contributed by atoms with Crippen molar-refractivity contribution in [2.75, 3.05) is 6.54 Å². The van der Waals surface area contributed by atoms with Gasteiger partial charge in [-0.25, -0.2) is 0 Å². The van der Waals surface area contributed by atoms with E-state index < -0.39 is 0 Å². The summed E-state index contributed by atoms with van der Waals surface area (Å²) in [4.78, 5) is 4.52. The van der Waals surface area contributed by atoms with Crippen molar-refractivity contribution in [2.45, 2.75) is 40.7 Å². The van der Waals surface area contributed by atoms with Gasteiger partial charge in [-0.05, 0) is 37.9 Å². The van der Waals surface area contributed by atoms with E-state index in [0.717, 1.165) is 17.9 Å². The lowest BCUT2D eigenvalue weighted by molar-refractivity contribution is 0.419. The minimum atomic E-state index is 0.420. The second kappa shape index (κ2) is 5.26. The van der Waals surface area contributed by atoms with Crippen molar-refractivity contribution < 1.29 is 0 Å². The van der Waals surface area contributed by atoms with E-state index in [-0.39, 0.29) is 0 Å². The third-order valence-corrected chi connectivity index (χ3v) is 2.69. The summed E-state index contributed by atoms with van der Waals surface area (Å²) in [5, 5.41) is 3.52. The molecule has 0 aliphatic carbocycles. The average molecular weight is 206 g/mol. The molecule has 0 aliphatic rings. The lowest BCUT2D eigenvalue weighted by Gasteiger charge is -2.23. The zero-order chi connectivity index (χ0) is 11.4. The van der Waals surface area contributed by atoms with Gasteiger partial charge in [0.2, 0.25) is 0 Å². The van der Waals surface area contributed by atoms with Gasteiger partial charge in [-0.2, -0.15) is 0 Å². The highest BCUT2D eigenvalue weighted by Gasteiger charge is 2.16. The molecule has 84 valence electrons. The highest BCUT2D eigenvalue weighted by Crippen LogP contribution is 2.23. The minimum Gasteiger partial charge on any atom is -0.310 e. The van der Waals surface area contributed by atoms with Gasteiger partial charge < -0.3 is 5.32 Å². The normalized spacial score (nSPS) is 13.2. The third-order valence-electron chi connectivity index (χ3n) is 2.69. The van der Waals surface area contributed by atoms with E-state index in [1.165, 1.54) is 5.56 Å². The monoisotopic (exact) mass is 206 g/mol. The molecule has 1 aromatic heterocycles. The van der Waals surface area contributed by atoms with Crippen molar-refractivity contribution in [2.24, 2.45) is 5.92 Å². The SMILES string of the molecule is CCNC(c1ccc(C)nc1C)C(C)C. The zero-order valence-electron chi connectivity index (χ0n) is 10.5. The lowest BCUT2D eigenvalue weighted by Crippen LogP contribution is -2.26. The molecule has 0 saturated heterocycles. The standard InChI is InChI=1S/C13H22N2/c1-6-14-13(9(2)3)12-8-7-10(4)15-11(12)5/h7-9,13-14H,6H2,1-5H3. The number of nitrogens with zero attached hydrogens (tertiary/aromatic N) is 1. The maximum atomic E-state index is 4.52. The van der Waals surface area contributed by atoms with Gasteiger partial charge in [-0.15, -0.1) is 0 Å². The van der Waals surface area contributed by atoms with E-state index >= 15 is 0 Å². The first-order valence-corrected chi connectivity index (χ1v) is 5.73. The predicted molar refractivity (Wildman–Crippen MR) is 65.0 cm³/mol. The van der Waals surface area contributed by atoms with Gasteiger partial charge in [0, 0.05) is 17.4 Å². The Balaban J connectivity index is 3.00. The third kappa shape index (κ3) is 3.03. The van der Waals surface area contributed by atoms with Gasteiger partial charge in [0.1, 0.15) is 0 Å². The fourth-order valence-corrected chi connectivity index (χ4v) is 1.95. The molecule has 1 rings (SSSR count). The first-order valence-electron chi connectivity index (χ1n) is 5.73. The Bertz CT molecular complexity index is 318.